The zero-order valence-electron chi connectivity index (χ0n) is 15.4. The van der Waals surface area contributed by atoms with Gasteiger partial charge < -0.3 is 0 Å². The van der Waals surface area contributed by atoms with Crippen molar-refractivity contribution < 1.29 is 0 Å². The second kappa shape index (κ2) is 7.35. The average molecular weight is 298 g/mol. The van der Waals surface area contributed by atoms with Crippen LogP contribution in [0.1, 0.15) is 104 Å². The normalized spacial score (nSPS) is 23.8. The summed E-state index contributed by atoms with van der Waals surface area (Å²) in [6.45, 7) is 6.86. The van der Waals surface area contributed by atoms with Crippen LogP contribution in [0.5, 0.6) is 0 Å². The second-order valence-corrected chi connectivity index (χ2v) is 9.11. The molecule has 0 saturated heterocycles. The van der Waals surface area contributed by atoms with E-state index in [9.17, 15) is 0 Å². The summed E-state index contributed by atoms with van der Waals surface area (Å²) >= 11 is 0. The highest BCUT2D eigenvalue weighted by atomic mass is 14.5. The summed E-state index contributed by atoms with van der Waals surface area (Å²) in [6, 6.07) is 0. The van der Waals surface area contributed by atoms with Crippen molar-refractivity contribution in [2.24, 2.45) is 16.7 Å². The number of rotatable bonds is 6. The minimum Gasteiger partial charge on any atom is -0.0914 e. The molecule has 0 aliphatic heterocycles. The van der Waals surface area contributed by atoms with E-state index in [2.05, 4.69) is 20.8 Å². The molecule has 2 rings (SSSR count). The quantitative estimate of drug-likeness (QED) is 0.405. The lowest BCUT2D eigenvalue weighted by Gasteiger charge is -2.53. The zero-order chi connectivity index (χ0) is 16.3. The van der Waals surface area contributed by atoms with Crippen LogP contribution in [0.25, 0.3) is 0 Å². The number of unbranched alkanes of at least 4 members (excludes halogenated alkanes) is 2. The van der Waals surface area contributed by atoms with E-state index in [4.69, 9.17) is 15.7 Å². The van der Waals surface area contributed by atoms with Crippen LogP contribution in [0.3, 0.4) is 0 Å². The van der Waals surface area contributed by atoms with E-state index in [-0.39, 0.29) is 5.41 Å². The third-order valence-corrected chi connectivity index (χ3v) is 7.21. The van der Waals surface area contributed by atoms with Crippen LogP contribution in [0.15, 0.2) is 0 Å². The molecule has 2 aliphatic rings. The van der Waals surface area contributed by atoms with Gasteiger partial charge in [0.1, 0.15) is 0 Å². The Balaban J connectivity index is 1.93. The maximum atomic E-state index is 6.75. The first kappa shape index (κ1) is 18.5. The van der Waals surface area contributed by atoms with E-state index in [0.29, 0.717) is 11.3 Å². The molecule has 2 fully saturated rings. The Hall–Kier alpha value is 0.130. The minimum absolute atomic E-state index is 0.0455. The maximum Gasteiger partial charge on any atom is 0.0631 e. The molecule has 0 heterocycles. The van der Waals surface area contributed by atoms with Crippen molar-refractivity contribution in [1.29, 1.82) is 0 Å². The predicted octanol–water partition coefficient (Wildman–Crippen LogP) is 6.19. The third-order valence-electron chi connectivity index (χ3n) is 7.21. The minimum atomic E-state index is -0.503. The van der Waals surface area contributed by atoms with Gasteiger partial charge in [0, 0.05) is 0 Å². The fourth-order valence-corrected chi connectivity index (χ4v) is 5.10. The molecule has 0 aromatic carbocycles. The Kier molecular flexibility index (Phi) is 6.17. The van der Waals surface area contributed by atoms with Crippen LogP contribution >= 0.6 is 0 Å². The molecule has 0 nitrogen and oxygen atoms in total. The highest BCUT2D eigenvalue weighted by Gasteiger charge is 2.45. The van der Waals surface area contributed by atoms with Crippen LogP contribution < -0.4 is 0 Å². The summed E-state index contributed by atoms with van der Waals surface area (Å²) in [7, 11) is 13.5. The summed E-state index contributed by atoms with van der Waals surface area (Å²) in [6.07, 6.45) is 17.5. The van der Waals surface area contributed by atoms with Crippen molar-refractivity contribution in [2.45, 2.75) is 109 Å². The standard InChI is InChI=1S/C20H36B2/c1-4-5-7-12-18(2,3)20(21,22)17-10-15-19(16-11-17)13-8-6-9-14-19/h17H,4-16H2,1-3H3. The van der Waals surface area contributed by atoms with Gasteiger partial charge in [-0.3, -0.25) is 0 Å². The molecule has 0 aromatic heterocycles. The van der Waals surface area contributed by atoms with Gasteiger partial charge in [-0.05, 0) is 42.9 Å². The Morgan fingerprint density at radius 1 is 0.909 bits per heavy atom. The molecule has 0 bridgehead atoms. The first-order chi connectivity index (χ1) is 10.3. The van der Waals surface area contributed by atoms with Crippen LogP contribution in [-0.4, -0.2) is 15.7 Å². The van der Waals surface area contributed by atoms with Gasteiger partial charge in [-0.25, -0.2) is 0 Å². The van der Waals surface area contributed by atoms with Gasteiger partial charge in [0.2, 0.25) is 0 Å². The van der Waals surface area contributed by atoms with Crippen LogP contribution in [0, 0.1) is 16.7 Å². The SMILES string of the molecule is [B]C([B])(C1CCC2(CCCCC2)CC1)C(C)(C)CCCCC. The fraction of sp³-hybridized carbons (Fsp3) is 1.00. The van der Waals surface area contributed by atoms with Gasteiger partial charge in [-0.15, -0.1) is 0 Å². The molecule has 22 heavy (non-hydrogen) atoms. The van der Waals surface area contributed by atoms with Gasteiger partial charge in [-0.1, -0.05) is 83.3 Å². The van der Waals surface area contributed by atoms with Crippen molar-refractivity contribution in [3.05, 3.63) is 0 Å². The maximum absolute atomic E-state index is 6.75. The van der Waals surface area contributed by atoms with Crippen LogP contribution in [0.4, 0.5) is 0 Å². The highest BCUT2D eigenvalue weighted by Crippen LogP contribution is 2.58. The van der Waals surface area contributed by atoms with Gasteiger partial charge in [0.15, 0.2) is 0 Å². The summed E-state index contributed by atoms with van der Waals surface area (Å²) in [5, 5.41) is -0.503. The molecule has 4 radical (unpaired) electrons. The Morgan fingerprint density at radius 2 is 1.50 bits per heavy atom. The van der Waals surface area contributed by atoms with E-state index in [1.807, 2.05) is 0 Å². The van der Waals surface area contributed by atoms with E-state index in [1.54, 1.807) is 0 Å². The molecule has 2 aliphatic carbocycles. The summed E-state index contributed by atoms with van der Waals surface area (Å²) < 4.78 is 0. The first-order valence-corrected chi connectivity index (χ1v) is 9.91. The molecular weight excluding hydrogens is 262 g/mol. The molecule has 2 heteroatoms. The van der Waals surface area contributed by atoms with Gasteiger partial charge >= 0.3 is 0 Å². The summed E-state index contributed by atoms with van der Waals surface area (Å²) in [4.78, 5) is 0. The molecule has 122 valence electrons. The van der Waals surface area contributed by atoms with Crippen molar-refractivity contribution in [2.75, 3.05) is 0 Å². The third kappa shape index (κ3) is 3.96. The van der Waals surface area contributed by atoms with Gasteiger partial charge in [0.05, 0.1) is 15.7 Å². The Morgan fingerprint density at radius 3 is 2.05 bits per heavy atom. The van der Waals surface area contributed by atoms with Crippen molar-refractivity contribution in [3.8, 4) is 0 Å². The Bertz CT molecular complexity index is 330. The van der Waals surface area contributed by atoms with Gasteiger partial charge in [-0.2, -0.15) is 0 Å². The molecule has 0 unspecified atom stereocenters. The van der Waals surface area contributed by atoms with E-state index in [1.165, 1.54) is 77.0 Å². The molecule has 1 spiro atoms. The van der Waals surface area contributed by atoms with Crippen molar-refractivity contribution in [1.82, 2.24) is 0 Å². The second-order valence-electron chi connectivity index (χ2n) is 9.11. The van der Waals surface area contributed by atoms with E-state index in [0.717, 1.165) is 6.42 Å². The molecule has 2 saturated carbocycles. The van der Waals surface area contributed by atoms with Crippen molar-refractivity contribution >= 4 is 15.7 Å². The predicted molar refractivity (Wildman–Crippen MR) is 99.6 cm³/mol. The van der Waals surface area contributed by atoms with E-state index >= 15 is 0 Å². The van der Waals surface area contributed by atoms with Gasteiger partial charge in [0.25, 0.3) is 0 Å². The lowest BCUT2D eigenvalue weighted by molar-refractivity contribution is 0.0701. The largest absolute Gasteiger partial charge is 0.0914 e. The number of hydrogen-bond donors (Lipinski definition) is 0. The molecule has 0 amide bonds. The Labute approximate surface area is 142 Å². The lowest BCUT2D eigenvalue weighted by Crippen LogP contribution is -2.42. The topological polar surface area (TPSA) is 0 Å². The summed E-state index contributed by atoms with van der Waals surface area (Å²) in [5.74, 6) is 0.511. The molecular formula is C20H36B2. The molecule has 0 atom stereocenters. The monoisotopic (exact) mass is 298 g/mol. The first-order valence-electron chi connectivity index (χ1n) is 9.91. The number of hydrogen-bond acceptors (Lipinski definition) is 0. The van der Waals surface area contributed by atoms with Crippen LogP contribution in [-0.2, 0) is 0 Å². The zero-order valence-corrected chi connectivity index (χ0v) is 15.4. The van der Waals surface area contributed by atoms with E-state index < -0.39 is 5.21 Å². The lowest BCUT2D eigenvalue weighted by atomic mass is 9.35. The smallest absolute Gasteiger partial charge is 0.0631 e. The highest BCUT2D eigenvalue weighted by molar-refractivity contribution is 6.40. The molecule has 0 aromatic rings. The van der Waals surface area contributed by atoms with Crippen LogP contribution in [0.2, 0.25) is 5.21 Å². The molecule has 0 N–H and O–H groups in total. The fourth-order valence-electron chi connectivity index (χ4n) is 5.10. The average Bonchev–Trinajstić information content (AvgIpc) is 2.48. The summed E-state index contributed by atoms with van der Waals surface area (Å²) in [5.41, 5.74) is 0.709. The van der Waals surface area contributed by atoms with Crippen molar-refractivity contribution in [3.63, 3.8) is 0 Å².